The van der Waals surface area contributed by atoms with E-state index in [0.717, 1.165) is 31.3 Å². The molecule has 3 fully saturated rings. The van der Waals surface area contributed by atoms with Crippen LogP contribution in [0.5, 0.6) is 0 Å². The maximum absolute atomic E-state index is 12.7. The third-order valence-electron chi connectivity index (χ3n) is 5.22. The summed E-state index contributed by atoms with van der Waals surface area (Å²) in [6.45, 7) is 5.51. The summed E-state index contributed by atoms with van der Waals surface area (Å²) in [7, 11) is 0. The molecule has 1 N–H and O–H groups in total. The van der Waals surface area contributed by atoms with Gasteiger partial charge in [0.05, 0.1) is 6.61 Å². The summed E-state index contributed by atoms with van der Waals surface area (Å²) in [6, 6.07) is 0.482. The zero-order valence-corrected chi connectivity index (χ0v) is 11.9. The fourth-order valence-corrected chi connectivity index (χ4v) is 4.10. The Bertz CT molecular complexity index is 328. The van der Waals surface area contributed by atoms with E-state index in [1.807, 2.05) is 0 Å². The number of morpholine rings is 1. The van der Waals surface area contributed by atoms with E-state index in [9.17, 15) is 4.79 Å². The van der Waals surface area contributed by atoms with Crippen LogP contribution in [0.25, 0.3) is 0 Å². The van der Waals surface area contributed by atoms with Gasteiger partial charge in [-0.05, 0) is 31.1 Å². The topological polar surface area (TPSA) is 41.6 Å². The second kappa shape index (κ2) is 5.80. The Kier molecular flexibility index (Phi) is 4.08. The first-order valence-electron chi connectivity index (χ1n) is 7.90. The molecule has 0 bridgehead atoms. The summed E-state index contributed by atoms with van der Waals surface area (Å²) in [5.74, 6) is 1.73. The number of nitrogens with zero attached hydrogens (tertiary/aromatic N) is 1. The molecule has 2 saturated heterocycles. The van der Waals surface area contributed by atoms with Crippen molar-refractivity contribution in [3.63, 3.8) is 0 Å². The van der Waals surface area contributed by atoms with Crippen molar-refractivity contribution in [2.24, 2.45) is 11.8 Å². The Hall–Kier alpha value is -0.610. The van der Waals surface area contributed by atoms with Crippen LogP contribution in [0.3, 0.4) is 0 Å². The standard InChI is InChI=1S/C15H26N2O2/c1-11-6-8-17(13-5-3-2-4-12(11)13)15(18)14-10-16-7-9-19-14/h11-14,16H,2-10H2,1H3. The number of amides is 1. The highest BCUT2D eigenvalue weighted by Crippen LogP contribution is 2.39. The first kappa shape index (κ1) is 13.4. The first-order chi connectivity index (χ1) is 9.27. The summed E-state index contributed by atoms with van der Waals surface area (Å²) >= 11 is 0. The van der Waals surface area contributed by atoms with Gasteiger partial charge in [0.1, 0.15) is 6.10 Å². The van der Waals surface area contributed by atoms with Crippen LogP contribution in [0.2, 0.25) is 0 Å². The minimum absolute atomic E-state index is 0.232. The second-order valence-electron chi connectivity index (χ2n) is 6.38. The molecule has 1 aliphatic carbocycles. The number of carbonyl (C=O) groups excluding carboxylic acids is 1. The minimum atomic E-state index is -0.246. The molecule has 108 valence electrons. The third-order valence-corrected chi connectivity index (χ3v) is 5.22. The smallest absolute Gasteiger partial charge is 0.253 e. The Morgan fingerprint density at radius 3 is 2.89 bits per heavy atom. The number of carbonyl (C=O) groups is 1. The summed E-state index contributed by atoms with van der Waals surface area (Å²) in [5.41, 5.74) is 0. The van der Waals surface area contributed by atoms with E-state index < -0.39 is 0 Å². The summed E-state index contributed by atoms with van der Waals surface area (Å²) in [5, 5.41) is 3.26. The predicted octanol–water partition coefficient (Wildman–Crippen LogP) is 1.40. The van der Waals surface area contributed by atoms with Crippen LogP contribution in [-0.4, -0.2) is 49.2 Å². The molecule has 0 radical (unpaired) electrons. The molecule has 1 saturated carbocycles. The number of hydrogen-bond acceptors (Lipinski definition) is 3. The van der Waals surface area contributed by atoms with E-state index in [4.69, 9.17) is 4.74 Å². The molecule has 2 aliphatic heterocycles. The Morgan fingerprint density at radius 1 is 1.26 bits per heavy atom. The molecule has 4 atom stereocenters. The molecule has 0 aromatic heterocycles. The van der Waals surface area contributed by atoms with E-state index >= 15 is 0 Å². The van der Waals surface area contributed by atoms with Gasteiger partial charge in [-0.1, -0.05) is 19.8 Å². The maximum atomic E-state index is 12.7. The monoisotopic (exact) mass is 266 g/mol. The molecule has 19 heavy (non-hydrogen) atoms. The molecular formula is C15H26N2O2. The van der Waals surface area contributed by atoms with Crippen molar-refractivity contribution in [1.82, 2.24) is 10.2 Å². The van der Waals surface area contributed by atoms with Crippen molar-refractivity contribution in [1.29, 1.82) is 0 Å². The fourth-order valence-electron chi connectivity index (χ4n) is 4.10. The average molecular weight is 266 g/mol. The highest BCUT2D eigenvalue weighted by Gasteiger charge is 2.41. The molecule has 3 rings (SSSR count). The number of ether oxygens (including phenoxy) is 1. The largest absolute Gasteiger partial charge is 0.366 e. The van der Waals surface area contributed by atoms with Crippen LogP contribution in [0, 0.1) is 11.8 Å². The van der Waals surface area contributed by atoms with E-state index in [-0.39, 0.29) is 12.0 Å². The van der Waals surface area contributed by atoms with Gasteiger partial charge in [-0.15, -0.1) is 0 Å². The van der Waals surface area contributed by atoms with Crippen molar-refractivity contribution in [3.05, 3.63) is 0 Å². The quantitative estimate of drug-likeness (QED) is 0.780. The molecule has 3 aliphatic rings. The zero-order chi connectivity index (χ0) is 13.2. The predicted molar refractivity (Wildman–Crippen MR) is 73.8 cm³/mol. The van der Waals surface area contributed by atoms with E-state index in [2.05, 4.69) is 17.1 Å². The van der Waals surface area contributed by atoms with Crippen molar-refractivity contribution >= 4 is 5.91 Å². The van der Waals surface area contributed by atoms with Crippen LogP contribution in [0.4, 0.5) is 0 Å². The molecule has 4 heteroatoms. The average Bonchev–Trinajstić information content (AvgIpc) is 2.48. The number of rotatable bonds is 1. The second-order valence-corrected chi connectivity index (χ2v) is 6.38. The van der Waals surface area contributed by atoms with Crippen LogP contribution in [0.15, 0.2) is 0 Å². The van der Waals surface area contributed by atoms with Gasteiger partial charge in [0.2, 0.25) is 0 Å². The highest BCUT2D eigenvalue weighted by molar-refractivity contribution is 5.81. The molecule has 1 amide bonds. The Morgan fingerprint density at radius 2 is 2.11 bits per heavy atom. The molecule has 0 aromatic carbocycles. The third kappa shape index (κ3) is 2.65. The van der Waals surface area contributed by atoms with Gasteiger partial charge in [0.25, 0.3) is 5.91 Å². The zero-order valence-electron chi connectivity index (χ0n) is 11.9. The van der Waals surface area contributed by atoms with Gasteiger partial charge in [0, 0.05) is 25.7 Å². The van der Waals surface area contributed by atoms with Gasteiger partial charge >= 0.3 is 0 Å². The molecule has 0 spiro atoms. The molecule has 4 nitrogen and oxygen atoms in total. The van der Waals surface area contributed by atoms with Crippen LogP contribution in [0.1, 0.15) is 39.0 Å². The van der Waals surface area contributed by atoms with E-state index in [1.165, 1.54) is 25.7 Å². The summed E-state index contributed by atoms with van der Waals surface area (Å²) < 4.78 is 5.65. The number of nitrogens with one attached hydrogen (secondary N) is 1. The lowest BCUT2D eigenvalue weighted by Crippen LogP contribution is -2.57. The number of hydrogen-bond donors (Lipinski definition) is 1. The first-order valence-corrected chi connectivity index (χ1v) is 7.90. The van der Waals surface area contributed by atoms with Crippen molar-refractivity contribution in [3.8, 4) is 0 Å². The Labute approximate surface area is 115 Å². The van der Waals surface area contributed by atoms with E-state index in [1.54, 1.807) is 0 Å². The van der Waals surface area contributed by atoms with Gasteiger partial charge in [-0.2, -0.15) is 0 Å². The summed E-state index contributed by atoms with van der Waals surface area (Å²) in [6.07, 6.45) is 6.04. The minimum Gasteiger partial charge on any atom is -0.366 e. The lowest BCUT2D eigenvalue weighted by atomic mass is 9.72. The lowest BCUT2D eigenvalue weighted by molar-refractivity contribution is -0.153. The van der Waals surface area contributed by atoms with Crippen molar-refractivity contribution in [2.75, 3.05) is 26.2 Å². The van der Waals surface area contributed by atoms with Crippen molar-refractivity contribution < 1.29 is 9.53 Å². The normalized spacial score (nSPS) is 39.7. The number of likely N-dealkylation sites (tertiary alicyclic amines) is 1. The van der Waals surface area contributed by atoms with Crippen LogP contribution >= 0.6 is 0 Å². The van der Waals surface area contributed by atoms with Gasteiger partial charge < -0.3 is 15.0 Å². The molecule has 4 unspecified atom stereocenters. The van der Waals surface area contributed by atoms with Gasteiger partial charge in [-0.3, -0.25) is 4.79 Å². The Balaban J connectivity index is 1.70. The van der Waals surface area contributed by atoms with Crippen LogP contribution in [-0.2, 0) is 9.53 Å². The number of fused-ring (bicyclic) bond motifs is 1. The molecule has 0 aromatic rings. The van der Waals surface area contributed by atoms with Crippen LogP contribution < -0.4 is 5.32 Å². The summed E-state index contributed by atoms with van der Waals surface area (Å²) in [4.78, 5) is 14.8. The SMILES string of the molecule is CC1CCN(C(=O)C2CNCCO2)C2CCCCC12. The van der Waals surface area contributed by atoms with Gasteiger partial charge in [-0.25, -0.2) is 0 Å². The lowest BCUT2D eigenvalue weighted by Gasteiger charge is -2.48. The maximum Gasteiger partial charge on any atom is 0.253 e. The molecule has 2 heterocycles. The number of piperidine rings is 1. The molecular weight excluding hydrogens is 240 g/mol. The van der Waals surface area contributed by atoms with Crippen molar-refractivity contribution in [2.45, 2.75) is 51.2 Å². The van der Waals surface area contributed by atoms with E-state index in [0.29, 0.717) is 19.2 Å². The highest BCUT2D eigenvalue weighted by atomic mass is 16.5. The fraction of sp³-hybridized carbons (Fsp3) is 0.933. The van der Waals surface area contributed by atoms with Gasteiger partial charge in [0.15, 0.2) is 0 Å².